The average Bonchev–Trinajstić information content (AvgIpc) is 2.73. The van der Waals surface area contributed by atoms with Gasteiger partial charge in [-0.2, -0.15) is 13.2 Å². The smallest absolute Gasteiger partial charge is 0.416 e. The Morgan fingerprint density at radius 3 is 2.45 bits per heavy atom. The molecule has 0 fully saturated rings. The van der Waals surface area contributed by atoms with Crippen molar-refractivity contribution in [2.24, 2.45) is 0 Å². The molecule has 2 rings (SSSR count). The molecule has 0 saturated carbocycles. The number of esters is 1. The Bertz CT molecular complexity index is 890. The molecule has 0 aliphatic heterocycles. The SMILES string of the molecule is CCCCCC(Oc1cc(Oc2ccc(C(F)(F)F)cc2Cl)ccc1SC)C(=O)OC. The zero-order valence-corrected chi connectivity index (χ0v) is 19.0. The summed E-state index contributed by atoms with van der Waals surface area (Å²) in [5.74, 6) is 0.330. The van der Waals surface area contributed by atoms with E-state index in [1.807, 2.05) is 6.26 Å². The quantitative estimate of drug-likeness (QED) is 0.203. The molecule has 0 amide bonds. The minimum absolute atomic E-state index is 0.0741. The number of hydrogen-bond donors (Lipinski definition) is 0. The fraction of sp³-hybridized carbons (Fsp3) is 0.409. The van der Waals surface area contributed by atoms with Crippen LogP contribution in [0.5, 0.6) is 17.2 Å². The predicted molar refractivity (Wildman–Crippen MR) is 115 cm³/mol. The van der Waals surface area contributed by atoms with Crippen molar-refractivity contribution < 1.29 is 32.2 Å². The van der Waals surface area contributed by atoms with Crippen LogP contribution in [-0.4, -0.2) is 25.4 Å². The van der Waals surface area contributed by atoms with Crippen LogP contribution in [0.25, 0.3) is 0 Å². The van der Waals surface area contributed by atoms with Crippen molar-refractivity contribution in [2.75, 3.05) is 13.4 Å². The van der Waals surface area contributed by atoms with E-state index in [-0.39, 0.29) is 10.8 Å². The number of thioether (sulfide) groups is 1. The van der Waals surface area contributed by atoms with Crippen LogP contribution < -0.4 is 9.47 Å². The van der Waals surface area contributed by atoms with Crippen LogP contribution in [-0.2, 0) is 15.7 Å². The molecule has 0 saturated heterocycles. The Morgan fingerprint density at radius 1 is 1.13 bits per heavy atom. The molecular formula is C22H24ClF3O4S. The molecule has 1 unspecified atom stereocenters. The zero-order chi connectivity index (χ0) is 23.0. The van der Waals surface area contributed by atoms with Crippen molar-refractivity contribution in [1.29, 1.82) is 0 Å². The Labute approximate surface area is 189 Å². The number of hydrogen-bond acceptors (Lipinski definition) is 5. The number of rotatable bonds is 10. The fourth-order valence-electron chi connectivity index (χ4n) is 2.79. The summed E-state index contributed by atoms with van der Waals surface area (Å²) in [5, 5.41) is -0.168. The lowest BCUT2D eigenvalue weighted by Crippen LogP contribution is -2.28. The van der Waals surface area contributed by atoms with Crippen LogP contribution in [0.4, 0.5) is 13.2 Å². The molecule has 0 aliphatic rings. The number of ether oxygens (including phenoxy) is 3. The second-order valence-corrected chi connectivity index (χ2v) is 7.94. The molecule has 1 atom stereocenters. The number of carbonyl (C=O) groups is 1. The van der Waals surface area contributed by atoms with Gasteiger partial charge in [0.2, 0.25) is 0 Å². The van der Waals surface area contributed by atoms with E-state index in [0.717, 1.165) is 42.4 Å². The van der Waals surface area contributed by atoms with Gasteiger partial charge in [-0.3, -0.25) is 0 Å². The number of benzene rings is 2. The zero-order valence-electron chi connectivity index (χ0n) is 17.4. The van der Waals surface area contributed by atoms with E-state index in [9.17, 15) is 18.0 Å². The van der Waals surface area contributed by atoms with Crippen LogP contribution >= 0.6 is 23.4 Å². The molecule has 0 spiro atoms. The summed E-state index contributed by atoms with van der Waals surface area (Å²) in [7, 11) is 1.31. The van der Waals surface area contributed by atoms with Crippen molar-refractivity contribution in [2.45, 2.75) is 49.8 Å². The van der Waals surface area contributed by atoms with Gasteiger partial charge in [-0.1, -0.05) is 31.4 Å². The molecule has 2 aromatic rings. The maximum atomic E-state index is 12.8. The van der Waals surface area contributed by atoms with Gasteiger partial charge in [-0.25, -0.2) is 4.79 Å². The summed E-state index contributed by atoms with van der Waals surface area (Å²) >= 11 is 7.40. The lowest BCUT2D eigenvalue weighted by Gasteiger charge is -2.19. The van der Waals surface area contributed by atoms with E-state index < -0.39 is 23.8 Å². The molecule has 2 aromatic carbocycles. The predicted octanol–water partition coefficient (Wildman–Crippen LogP) is 7.37. The third kappa shape index (κ3) is 7.25. The highest BCUT2D eigenvalue weighted by molar-refractivity contribution is 7.98. The van der Waals surface area contributed by atoms with Gasteiger partial charge in [-0.15, -0.1) is 11.8 Å². The summed E-state index contributed by atoms with van der Waals surface area (Å²) in [4.78, 5) is 12.9. The standard InChI is InChI=1S/C22H24ClF3O4S/c1-4-5-6-7-18(21(27)28-2)30-19-13-15(9-11-20(19)31-3)29-17-10-8-14(12-16(17)23)22(24,25)26/h8-13,18H,4-7H2,1-3H3. The maximum Gasteiger partial charge on any atom is 0.416 e. The lowest BCUT2D eigenvalue weighted by atomic mass is 10.1. The average molecular weight is 477 g/mol. The summed E-state index contributed by atoms with van der Waals surface area (Å²) in [5.41, 5.74) is -0.861. The highest BCUT2D eigenvalue weighted by Gasteiger charge is 2.31. The van der Waals surface area contributed by atoms with Gasteiger partial charge >= 0.3 is 12.1 Å². The lowest BCUT2D eigenvalue weighted by molar-refractivity contribution is -0.149. The molecule has 170 valence electrons. The van der Waals surface area contributed by atoms with Crippen molar-refractivity contribution in [3.63, 3.8) is 0 Å². The van der Waals surface area contributed by atoms with Crippen LogP contribution in [0.15, 0.2) is 41.3 Å². The topological polar surface area (TPSA) is 44.8 Å². The Kier molecular flexibility index (Phi) is 9.37. The first kappa shape index (κ1) is 25.2. The largest absolute Gasteiger partial charge is 0.477 e. The highest BCUT2D eigenvalue weighted by atomic mass is 35.5. The molecule has 0 radical (unpaired) electrons. The minimum atomic E-state index is -4.50. The molecular weight excluding hydrogens is 453 g/mol. The maximum absolute atomic E-state index is 12.8. The first-order valence-corrected chi connectivity index (χ1v) is 11.3. The van der Waals surface area contributed by atoms with Gasteiger partial charge in [0.05, 0.1) is 17.7 Å². The molecule has 0 N–H and O–H groups in total. The third-order valence-corrected chi connectivity index (χ3v) is 5.50. The van der Waals surface area contributed by atoms with Gasteiger partial charge in [0.15, 0.2) is 6.10 Å². The Hall–Kier alpha value is -2.06. The number of alkyl halides is 3. The molecule has 0 aliphatic carbocycles. The molecule has 31 heavy (non-hydrogen) atoms. The van der Waals surface area contributed by atoms with Gasteiger partial charge in [0.25, 0.3) is 0 Å². The third-order valence-electron chi connectivity index (χ3n) is 4.43. The highest BCUT2D eigenvalue weighted by Crippen LogP contribution is 2.39. The monoisotopic (exact) mass is 476 g/mol. The molecule has 9 heteroatoms. The van der Waals surface area contributed by atoms with Crippen LogP contribution in [0.2, 0.25) is 5.02 Å². The number of halogens is 4. The Balaban J connectivity index is 2.26. The normalized spacial score (nSPS) is 12.4. The molecule has 0 bridgehead atoms. The van der Waals surface area contributed by atoms with Crippen LogP contribution in [0.3, 0.4) is 0 Å². The second-order valence-electron chi connectivity index (χ2n) is 6.68. The van der Waals surface area contributed by atoms with Gasteiger partial charge in [-0.05, 0) is 49.4 Å². The van der Waals surface area contributed by atoms with Gasteiger partial charge in [0.1, 0.15) is 17.2 Å². The van der Waals surface area contributed by atoms with Crippen LogP contribution in [0.1, 0.15) is 38.2 Å². The van der Waals surface area contributed by atoms with E-state index in [4.69, 9.17) is 25.8 Å². The number of methoxy groups -OCH3 is 1. The summed E-state index contributed by atoms with van der Waals surface area (Å²) in [6.45, 7) is 2.06. The Morgan fingerprint density at radius 2 is 1.87 bits per heavy atom. The first-order valence-electron chi connectivity index (χ1n) is 9.66. The first-order chi connectivity index (χ1) is 14.7. The summed E-state index contributed by atoms with van der Waals surface area (Å²) in [6.07, 6.45) is -0.133. The van der Waals surface area contributed by atoms with Crippen molar-refractivity contribution in [3.05, 3.63) is 47.0 Å². The summed E-state index contributed by atoms with van der Waals surface area (Å²) < 4.78 is 55.0. The van der Waals surface area contributed by atoms with Gasteiger partial charge < -0.3 is 14.2 Å². The molecule has 4 nitrogen and oxygen atoms in total. The second kappa shape index (κ2) is 11.5. The van der Waals surface area contributed by atoms with Crippen molar-refractivity contribution in [1.82, 2.24) is 0 Å². The van der Waals surface area contributed by atoms with Crippen LogP contribution in [0, 0.1) is 0 Å². The van der Waals surface area contributed by atoms with E-state index >= 15 is 0 Å². The van der Waals surface area contributed by atoms with E-state index in [1.54, 1.807) is 18.2 Å². The number of unbranched alkanes of at least 4 members (excludes halogenated alkanes) is 2. The minimum Gasteiger partial charge on any atom is -0.477 e. The number of carbonyl (C=O) groups excluding carboxylic acids is 1. The molecule has 0 aromatic heterocycles. The van der Waals surface area contributed by atoms with E-state index in [2.05, 4.69) is 6.92 Å². The molecule has 0 heterocycles. The van der Waals surface area contributed by atoms with Crippen molar-refractivity contribution >= 4 is 29.3 Å². The van der Waals surface area contributed by atoms with Gasteiger partial charge in [0, 0.05) is 11.0 Å². The van der Waals surface area contributed by atoms with E-state index in [1.165, 1.54) is 18.9 Å². The fourth-order valence-corrected chi connectivity index (χ4v) is 3.52. The summed E-state index contributed by atoms with van der Waals surface area (Å²) in [6, 6.07) is 7.85. The van der Waals surface area contributed by atoms with E-state index in [0.29, 0.717) is 17.9 Å². The van der Waals surface area contributed by atoms with Crippen molar-refractivity contribution in [3.8, 4) is 17.2 Å².